The smallest absolute Gasteiger partial charge is 0.258 e. The van der Waals surface area contributed by atoms with E-state index in [2.05, 4.69) is 29.3 Å². The summed E-state index contributed by atoms with van der Waals surface area (Å²) in [5.41, 5.74) is 1.87. The van der Waals surface area contributed by atoms with Crippen LogP contribution in [0.4, 0.5) is 0 Å². The van der Waals surface area contributed by atoms with Gasteiger partial charge in [-0.25, -0.2) is 0 Å². The molecule has 1 aromatic carbocycles. The summed E-state index contributed by atoms with van der Waals surface area (Å²) >= 11 is 6.07. The van der Waals surface area contributed by atoms with Crippen molar-refractivity contribution in [1.82, 2.24) is 15.5 Å². The van der Waals surface area contributed by atoms with E-state index < -0.39 is 0 Å². The van der Waals surface area contributed by atoms with Crippen LogP contribution in [0, 0.1) is 6.92 Å². The largest absolute Gasteiger partial charge is 0.334 e. The number of nitrogens with one attached hydrogen (secondary N) is 1. The second kappa shape index (κ2) is 5.50. The van der Waals surface area contributed by atoms with E-state index in [1.807, 2.05) is 25.1 Å². The quantitative estimate of drug-likeness (QED) is 0.922. The highest BCUT2D eigenvalue weighted by Crippen LogP contribution is 2.23. The minimum atomic E-state index is 0.390. The van der Waals surface area contributed by atoms with Crippen LogP contribution in [0.1, 0.15) is 25.2 Å². The summed E-state index contributed by atoms with van der Waals surface area (Å²) in [7, 11) is 0. The van der Waals surface area contributed by atoms with E-state index in [4.69, 9.17) is 16.1 Å². The first-order chi connectivity index (χ1) is 8.56. The summed E-state index contributed by atoms with van der Waals surface area (Å²) in [6, 6.07) is 6.09. The number of aromatic nitrogens is 2. The van der Waals surface area contributed by atoms with Gasteiger partial charge in [0.2, 0.25) is 0 Å². The summed E-state index contributed by atoms with van der Waals surface area (Å²) in [4.78, 5) is 4.32. The molecule has 0 bridgehead atoms. The molecule has 0 spiro atoms. The van der Waals surface area contributed by atoms with Gasteiger partial charge < -0.3 is 9.84 Å². The molecule has 0 saturated carbocycles. The molecule has 2 aromatic rings. The van der Waals surface area contributed by atoms with Gasteiger partial charge in [0, 0.05) is 16.6 Å². The number of hydrogen-bond donors (Lipinski definition) is 1. The number of rotatable bonds is 4. The molecule has 0 fully saturated rings. The number of hydrogen-bond acceptors (Lipinski definition) is 4. The minimum absolute atomic E-state index is 0.390. The van der Waals surface area contributed by atoms with Gasteiger partial charge in [-0.15, -0.1) is 0 Å². The minimum Gasteiger partial charge on any atom is -0.334 e. The monoisotopic (exact) mass is 265 g/mol. The van der Waals surface area contributed by atoms with Crippen molar-refractivity contribution in [1.29, 1.82) is 0 Å². The molecule has 1 heterocycles. The van der Waals surface area contributed by atoms with E-state index in [1.165, 1.54) is 0 Å². The average molecular weight is 266 g/mol. The Morgan fingerprint density at radius 2 is 2.17 bits per heavy atom. The molecule has 0 aliphatic rings. The van der Waals surface area contributed by atoms with Crippen molar-refractivity contribution >= 4 is 11.6 Å². The SMILES string of the molecule is Cc1ccc(-c2nc(CNC(C)C)no2)cc1Cl. The van der Waals surface area contributed by atoms with E-state index in [1.54, 1.807) is 0 Å². The Morgan fingerprint density at radius 1 is 1.39 bits per heavy atom. The second-order valence-electron chi connectivity index (χ2n) is 4.52. The molecule has 1 N–H and O–H groups in total. The molecule has 0 atom stereocenters. The Labute approximate surface area is 111 Å². The molecule has 1 aromatic heterocycles. The molecule has 18 heavy (non-hydrogen) atoms. The van der Waals surface area contributed by atoms with Crippen LogP contribution in [0.2, 0.25) is 5.02 Å². The van der Waals surface area contributed by atoms with E-state index in [0.717, 1.165) is 11.1 Å². The van der Waals surface area contributed by atoms with Gasteiger partial charge in [-0.3, -0.25) is 0 Å². The van der Waals surface area contributed by atoms with E-state index in [-0.39, 0.29) is 0 Å². The lowest BCUT2D eigenvalue weighted by Gasteiger charge is -2.03. The highest BCUT2D eigenvalue weighted by Gasteiger charge is 2.10. The lowest BCUT2D eigenvalue weighted by atomic mass is 10.1. The average Bonchev–Trinajstić information content (AvgIpc) is 2.79. The highest BCUT2D eigenvalue weighted by atomic mass is 35.5. The summed E-state index contributed by atoms with van der Waals surface area (Å²) < 4.78 is 5.22. The van der Waals surface area contributed by atoms with E-state index >= 15 is 0 Å². The fraction of sp³-hybridized carbons (Fsp3) is 0.385. The van der Waals surface area contributed by atoms with E-state index in [9.17, 15) is 0 Å². The van der Waals surface area contributed by atoms with Crippen LogP contribution in [0.15, 0.2) is 22.7 Å². The van der Waals surface area contributed by atoms with Crippen molar-refractivity contribution in [2.75, 3.05) is 0 Å². The van der Waals surface area contributed by atoms with Gasteiger partial charge in [0.15, 0.2) is 5.82 Å². The molecule has 96 valence electrons. The third kappa shape index (κ3) is 3.09. The van der Waals surface area contributed by atoms with Crippen molar-refractivity contribution in [3.8, 4) is 11.5 Å². The first-order valence-corrected chi connectivity index (χ1v) is 6.26. The molecule has 2 rings (SSSR count). The molecule has 0 unspecified atom stereocenters. The predicted molar refractivity (Wildman–Crippen MR) is 71.5 cm³/mol. The van der Waals surface area contributed by atoms with Gasteiger partial charge >= 0.3 is 0 Å². The lowest BCUT2D eigenvalue weighted by Crippen LogP contribution is -2.22. The Balaban J connectivity index is 2.16. The fourth-order valence-corrected chi connectivity index (χ4v) is 1.64. The standard InChI is InChI=1S/C13H16ClN3O/c1-8(2)15-7-12-16-13(18-17-12)10-5-4-9(3)11(14)6-10/h4-6,8,15H,7H2,1-3H3. The summed E-state index contributed by atoms with van der Waals surface area (Å²) in [5.74, 6) is 1.15. The van der Waals surface area contributed by atoms with Crippen LogP contribution in [0.3, 0.4) is 0 Å². The van der Waals surface area contributed by atoms with Crippen LogP contribution in [-0.4, -0.2) is 16.2 Å². The van der Waals surface area contributed by atoms with Gasteiger partial charge in [-0.2, -0.15) is 4.98 Å². The number of nitrogens with zero attached hydrogens (tertiary/aromatic N) is 2. The molecular formula is C13H16ClN3O. The van der Waals surface area contributed by atoms with Gasteiger partial charge in [-0.1, -0.05) is 36.7 Å². The zero-order valence-corrected chi connectivity index (χ0v) is 11.5. The normalized spacial score (nSPS) is 11.2. The topological polar surface area (TPSA) is 51.0 Å². The van der Waals surface area contributed by atoms with Gasteiger partial charge in [-0.05, 0) is 24.6 Å². The molecule has 4 nitrogen and oxygen atoms in total. The summed E-state index contributed by atoms with van der Waals surface area (Å²) in [5, 5.41) is 7.86. The third-order valence-corrected chi connectivity index (χ3v) is 2.96. The summed E-state index contributed by atoms with van der Waals surface area (Å²) in [6.45, 7) is 6.69. The van der Waals surface area contributed by atoms with Crippen molar-refractivity contribution in [3.63, 3.8) is 0 Å². The maximum absolute atomic E-state index is 6.07. The van der Waals surface area contributed by atoms with Crippen molar-refractivity contribution in [2.45, 2.75) is 33.4 Å². The zero-order chi connectivity index (χ0) is 13.1. The first kappa shape index (κ1) is 13.1. The molecule has 0 radical (unpaired) electrons. The van der Waals surface area contributed by atoms with Crippen molar-refractivity contribution in [2.24, 2.45) is 0 Å². The Hall–Kier alpha value is -1.39. The van der Waals surface area contributed by atoms with Crippen molar-refractivity contribution in [3.05, 3.63) is 34.6 Å². The zero-order valence-electron chi connectivity index (χ0n) is 10.7. The Bertz CT molecular complexity index is 537. The molecule has 0 aliphatic carbocycles. The molecular weight excluding hydrogens is 250 g/mol. The lowest BCUT2D eigenvalue weighted by molar-refractivity contribution is 0.417. The number of benzene rings is 1. The highest BCUT2D eigenvalue weighted by molar-refractivity contribution is 6.31. The van der Waals surface area contributed by atoms with Crippen LogP contribution >= 0.6 is 11.6 Å². The predicted octanol–water partition coefficient (Wildman–Crippen LogP) is 3.20. The van der Waals surface area contributed by atoms with Gasteiger partial charge in [0.25, 0.3) is 5.89 Å². The Morgan fingerprint density at radius 3 is 2.83 bits per heavy atom. The van der Waals surface area contributed by atoms with Crippen LogP contribution in [0.25, 0.3) is 11.5 Å². The van der Waals surface area contributed by atoms with Crippen LogP contribution in [0.5, 0.6) is 0 Å². The molecule has 0 aliphatic heterocycles. The van der Waals surface area contributed by atoms with E-state index in [0.29, 0.717) is 29.3 Å². The van der Waals surface area contributed by atoms with Gasteiger partial charge in [0.1, 0.15) is 0 Å². The number of halogens is 1. The fourth-order valence-electron chi connectivity index (χ4n) is 1.46. The maximum Gasteiger partial charge on any atom is 0.258 e. The third-order valence-electron chi connectivity index (χ3n) is 2.56. The Kier molecular flexibility index (Phi) is 3.99. The molecule has 0 saturated heterocycles. The molecule has 5 heteroatoms. The summed E-state index contributed by atoms with van der Waals surface area (Å²) in [6.07, 6.45) is 0. The maximum atomic E-state index is 6.07. The van der Waals surface area contributed by atoms with Crippen molar-refractivity contribution < 1.29 is 4.52 Å². The second-order valence-corrected chi connectivity index (χ2v) is 4.92. The number of aryl methyl sites for hydroxylation is 1. The van der Waals surface area contributed by atoms with Gasteiger partial charge in [0.05, 0.1) is 6.54 Å². The molecule has 0 amide bonds. The van der Waals surface area contributed by atoms with Crippen LogP contribution in [-0.2, 0) is 6.54 Å². The first-order valence-electron chi connectivity index (χ1n) is 5.89. The van der Waals surface area contributed by atoms with Crippen LogP contribution < -0.4 is 5.32 Å².